The molecule has 0 radical (unpaired) electrons. The number of aryl methyl sites for hydroxylation is 1. The lowest BCUT2D eigenvalue weighted by molar-refractivity contribution is -0.149. The normalized spacial score (nSPS) is 17.2. The van der Waals surface area contributed by atoms with Crippen LogP contribution in [0.15, 0.2) is 42.7 Å². The van der Waals surface area contributed by atoms with E-state index in [-0.39, 0.29) is 36.5 Å². The van der Waals surface area contributed by atoms with Crippen molar-refractivity contribution in [3.05, 3.63) is 71.1 Å². The number of carbonyl (C=O) groups is 3. The van der Waals surface area contributed by atoms with Gasteiger partial charge in [-0.25, -0.2) is 19.0 Å². The Morgan fingerprint density at radius 2 is 1.80 bits per heavy atom. The Morgan fingerprint density at radius 1 is 1.07 bits per heavy atom. The molecule has 1 fully saturated rings. The number of imidazole rings is 1. The molecule has 4 heterocycles. The maximum atomic E-state index is 15.5. The van der Waals surface area contributed by atoms with Crippen molar-refractivity contribution in [3.8, 4) is 16.9 Å². The number of likely N-dealkylation sites (tertiary alicyclic amines) is 1. The van der Waals surface area contributed by atoms with Gasteiger partial charge in [-0.1, -0.05) is 12.1 Å². The molecule has 3 aliphatic heterocycles. The van der Waals surface area contributed by atoms with E-state index in [4.69, 9.17) is 14.2 Å². The van der Waals surface area contributed by atoms with Crippen LogP contribution < -0.4 is 4.74 Å². The van der Waals surface area contributed by atoms with Gasteiger partial charge in [0.2, 0.25) is 0 Å². The highest BCUT2D eigenvalue weighted by Crippen LogP contribution is 2.38. The van der Waals surface area contributed by atoms with Crippen LogP contribution in [0.2, 0.25) is 0 Å². The van der Waals surface area contributed by atoms with Crippen LogP contribution in [0.25, 0.3) is 11.1 Å². The predicted octanol–water partition coefficient (Wildman–Crippen LogP) is 5.67. The van der Waals surface area contributed by atoms with Gasteiger partial charge < -0.3 is 28.6 Å². The third-order valence-corrected chi connectivity index (χ3v) is 8.47. The molecular weight excluding hydrogens is 579 g/mol. The van der Waals surface area contributed by atoms with Crippen molar-refractivity contribution in [2.24, 2.45) is 0 Å². The lowest BCUT2D eigenvalue weighted by Gasteiger charge is -2.33. The van der Waals surface area contributed by atoms with Crippen LogP contribution >= 0.6 is 0 Å². The van der Waals surface area contributed by atoms with Gasteiger partial charge in [0, 0.05) is 49.3 Å². The number of ether oxygens (including phenoxy) is 3. The second-order valence-corrected chi connectivity index (χ2v) is 12.8. The van der Waals surface area contributed by atoms with Gasteiger partial charge >= 0.3 is 12.1 Å². The van der Waals surface area contributed by atoms with Crippen molar-refractivity contribution >= 4 is 18.0 Å². The Morgan fingerprint density at radius 3 is 2.49 bits per heavy atom. The molecule has 0 saturated carbocycles. The van der Waals surface area contributed by atoms with Crippen molar-refractivity contribution in [1.29, 1.82) is 0 Å². The van der Waals surface area contributed by atoms with E-state index in [1.165, 1.54) is 11.0 Å². The van der Waals surface area contributed by atoms with E-state index in [1.807, 2.05) is 49.6 Å². The average molecular weight is 619 g/mol. The van der Waals surface area contributed by atoms with E-state index in [2.05, 4.69) is 4.98 Å². The van der Waals surface area contributed by atoms with Gasteiger partial charge in [-0.15, -0.1) is 0 Å². The molecule has 3 aliphatic rings. The first-order chi connectivity index (χ1) is 21.5. The summed E-state index contributed by atoms with van der Waals surface area (Å²) in [6.45, 7) is 9.29. The Bertz CT molecular complexity index is 1600. The van der Waals surface area contributed by atoms with Crippen molar-refractivity contribution in [2.45, 2.75) is 84.2 Å². The first kappa shape index (κ1) is 30.6. The summed E-state index contributed by atoms with van der Waals surface area (Å²) in [5, 5.41) is 0. The minimum atomic E-state index is -1.05. The Balaban J connectivity index is 1.15. The van der Waals surface area contributed by atoms with Crippen molar-refractivity contribution < 1.29 is 33.0 Å². The molecule has 2 amide bonds. The molecule has 2 aromatic carbocycles. The second kappa shape index (κ2) is 12.2. The zero-order valence-corrected chi connectivity index (χ0v) is 26.2. The van der Waals surface area contributed by atoms with Crippen LogP contribution in [0.1, 0.15) is 80.3 Å². The van der Waals surface area contributed by atoms with Gasteiger partial charge in [-0.3, -0.25) is 4.79 Å². The van der Waals surface area contributed by atoms with E-state index in [0.29, 0.717) is 42.9 Å². The van der Waals surface area contributed by atoms with E-state index >= 15 is 4.39 Å². The topological polar surface area (TPSA) is 103 Å². The van der Waals surface area contributed by atoms with Gasteiger partial charge in [-0.2, -0.15) is 0 Å². The van der Waals surface area contributed by atoms with Gasteiger partial charge in [0.05, 0.1) is 25.2 Å². The number of amides is 2. The summed E-state index contributed by atoms with van der Waals surface area (Å²) in [4.78, 5) is 46.8. The number of esters is 1. The van der Waals surface area contributed by atoms with E-state index in [1.54, 1.807) is 24.2 Å². The maximum Gasteiger partial charge on any atom is 0.410 e. The van der Waals surface area contributed by atoms with Gasteiger partial charge in [0.15, 0.2) is 6.04 Å². The number of halogens is 1. The number of rotatable bonds is 7. The predicted molar refractivity (Wildman–Crippen MR) is 163 cm³/mol. The van der Waals surface area contributed by atoms with Crippen LogP contribution in [-0.4, -0.2) is 68.7 Å². The number of piperidine rings is 1. The smallest absolute Gasteiger partial charge is 0.410 e. The molecule has 11 heteroatoms. The van der Waals surface area contributed by atoms with E-state index in [0.717, 1.165) is 30.6 Å². The highest BCUT2D eigenvalue weighted by atomic mass is 19.1. The fourth-order valence-corrected chi connectivity index (χ4v) is 6.30. The third kappa shape index (κ3) is 6.25. The van der Waals surface area contributed by atoms with E-state index < -0.39 is 29.3 Å². The van der Waals surface area contributed by atoms with Gasteiger partial charge in [0.25, 0.3) is 5.91 Å². The first-order valence-corrected chi connectivity index (χ1v) is 15.6. The zero-order chi connectivity index (χ0) is 31.9. The summed E-state index contributed by atoms with van der Waals surface area (Å²) in [5.74, 6) is -0.837. The van der Waals surface area contributed by atoms with Gasteiger partial charge in [0.1, 0.15) is 23.3 Å². The number of aromatic nitrogens is 2. The van der Waals surface area contributed by atoms with Crippen molar-refractivity contribution in [3.63, 3.8) is 0 Å². The Labute approximate surface area is 262 Å². The molecule has 0 spiro atoms. The highest BCUT2D eigenvalue weighted by Gasteiger charge is 2.42. The minimum absolute atomic E-state index is 0.0422. The summed E-state index contributed by atoms with van der Waals surface area (Å²) in [6, 6.07) is 9.37. The zero-order valence-electron chi connectivity index (χ0n) is 26.2. The largest absolute Gasteiger partial charge is 0.490 e. The molecule has 1 atom stereocenters. The Hall–Kier alpha value is -4.41. The molecule has 0 bridgehead atoms. The lowest BCUT2D eigenvalue weighted by Crippen LogP contribution is -2.44. The van der Waals surface area contributed by atoms with E-state index in [9.17, 15) is 14.4 Å². The summed E-state index contributed by atoms with van der Waals surface area (Å²) in [6.07, 6.45) is 4.40. The molecule has 45 heavy (non-hydrogen) atoms. The molecule has 0 aliphatic carbocycles. The van der Waals surface area contributed by atoms with Crippen LogP contribution in [0.5, 0.6) is 5.75 Å². The molecule has 3 aromatic rings. The van der Waals surface area contributed by atoms with Crippen LogP contribution in [0.4, 0.5) is 9.18 Å². The quantitative estimate of drug-likeness (QED) is 0.314. The maximum absolute atomic E-state index is 15.5. The number of nitrogens with zero attached hydrogens (tertiary/aromatic N) is 4. The standard InChI is InChI=1S/C34H39FN4O6/c1-5-43-32(41)30(29-28-7-6-14-38(28)20-36-29)39-19-26-25(31(39)40)17-22(18-27(26)35)21-8-10-23(11-9-21)44-24-12-15-37(16-13-24)33(42)45-34(2,3)4/h8-11,17-18,20,24,30H,5-7,12-16,19H2,1-4H3. The minimum Gasteiger partial charge on any atom is -0.490 e. The number of hydrogen-bond acceptors (Lipinski definition) is 7. The second-order valence-electron chi connectivity index (χ2n) is 12.8. The monoisotopic (exact) mass is 618 g/mol. The average Bonchev–Trinajstić information content (AvgIpc) is 3.70. The van der Waals surface area contributed by atoms with Crippen LogP contribution in [-0.2, 0) is 33.8 Å². The molecule has 10 nitrogen and oxygen atoms in total. The number of hydrogen-bond donors (Lipinski definition) is 0. The summed E-state index contributed by atoms with van der Waals surface area (Å²) in [7, 11) is 0. The third-order valence-electron chi connectivity index (χ3n) is 8.47. The molecule has 1 saturated heterocycles. The molecule has 1 unspecified atom stereocenters. The molecular formula is C34H39FN4O6. The lowest BCUT2D eigenvalue weighted by atomic mass is 9.99. The number of fused-ring (bicyclic) bond motifs is 2. The van der Waals surface area contributed by atoms with Gasteiger partial charge in [-0.05, 0) is 75.9 Å². The van der Waals surface area contributed by atoms with Crippen LogP contribution in [0, 0.1) is 5.82 Å². The first-order valence-electron chi connectivity index (χ1n) is 15.6. The highest BCUT2D eigenvalue weighted by molar-refractivity contribution is 6.02. The summed E-state index contributed by atoms with van der Waals surface area (Å²) < 4.78 is 34.5. The number of benzene rings is 2. The molecule has 238 valence electrons. The van der Waals surface area contributed by atoms with Crippen molar-refractivity contribution in [2.75, 3.05) is 19.7 Å². The molecule has 1 aromatic heterocycles. The Kier molecular flexibility index (Phi) is 8.28. The number of carbonyl (C=O) groups excluding carboxylic acids is 3. The fourth-order valence-electron chi connectivity index (χ4n) is 6.30. The van der Waals surface area contributed by atoms with Crippen molar-refractivity contribution in [1.82, 2.24) is 19.4 Å². The summed E-state index contributed by atoms with van der Waals surface area (Å²) >= 11 is 0. The molecule has 0 N–H and O–H groups in total. The fraction of sp³-hybridized carbons (Fsp3) is 0.471. The molecule has 6 rings (SSSR count). The SMILES string of the molecule is CCOC(=O)C(c1ncn2c1CCC2)N1Cc2c(F)cc(-c3ccc(OC4CCN(C(=O)OC(C)(C)C)CC4)cc3)cc2C1=O. The van der Waals surface area contributed by atoms with Crippen LogP contribution in [0.3, 0.4) is 0 Å². The summed E-state index contributed by atoms with van der Waals surface area (Å²) in [5.41, 5.74) is 2.64.